The van der Waals surface area contributed by atoms with Gasteiger partial charge >= 0.3 is 0 Å². The fraction of sp³-hybridized carbons (Fsp3) is 0.333. The summed E-state index contributed by atoms with van der Waals surface area (Å²) in [4.78, 5) is 14.6. The van der Waals surface area contributed by atoms with Gasteiger partial charge in [-0.3, -0.25) is 9.48 Å². The van der Waals surface area contributed by atoms with E-state index in [9.17, 15) is 4.79 Å². The zero-order valence-electron chi connectivity index (χ0n) is 11.3. The summed E-state index contributed by atoms with van der Waals surface area (Å²) in [6.45, 7) is 2.70. The monoisotopic (exact) mass is 287 g/mol. The molecule has 104 valence electrons. The maximum atomic E-state index is 12.7. The van der Waals surface area contributed by atoms with E-state index < -0.39 is 0 Å². The average Bonchev–Trinajstić information content (AvgIpc) is 3.17. The number of thioether (sulfide) groups is 1. The Morgan fingerprint density at radius 1 is 1.35 bits per heavy atom. The molecule has 0 spiro atoms. The van der Waals surface area contributed by atoms with Crippen molar-refractivity contribution in [3.8, 4) is 0 Å². The predicted octanol–water partition coefficient (Wildman–Crippen LogP) is 2.72. The zero-order valence-corrected chi connectivity index (χ0v) is 12.2. The molecule has 1 saturated heterocycles. The Labute approximate surface area is 122 Å². The van der Waals surface area contributed by atoms with E-state index in [1.807, 2.05) is 54.0 Å². The van der Waals surface area contributed by atoms with E-state index in [0.717, 1.165) is 12.3 Å². The van der Waals surface area contributed by atoms with Gasteiger partial charge in [0.05, 0.1) is 0 Å². The van der Waals surface area contributed by atoms with Gasteiger partial charge < -0.3 is 4.90 Å². The first kappa shape index (κ1) is 13.2. The minimum atomic E-state index is -0.255. The summed E-state index contributed by atoms with van der Waals surface area (Å²) in [5, 5.41) is 4.30. The van der Waals surface area contributed by atoms with Gasteiger partial charge in [-0.25, -0.2) is 0 Å². The molecule has 3 rings (SSSR count). The Kier molecular flexibility index (Phi) is 3.78. The van der Waals surface area contributed by atoms with Crippen LogP contribution in [-0.4, -0.2) is 32.9 Å². The number of amides is 1. The first-order chi connectivity index (χ1) is 9.77. The highest BCUT2D eigenvalue weighted by Gasteiger charge is 2.33. The first-order valence-electron chi connectivity index (χ1n) is 6.73. The second-order valence-corrected chi connectivity index (χ2v) is 6.02. The molecule has 4 nitrogen and oxygen atoms in total. The number of aromatic nitrogens is 2. The van der Waals surface area contributed by atoms with Gasteiger partial charge in [-0.1, -0.05) is 30.3 Å². The van der Waals surface area contributed by atoms with Crippen molar-refractivity contribution in [3.05, 3.63) is 54.4 Å². The summed E-state index contributed by atoms with van der Waals surface area (Å²) >= 11 is 1.82. The molecule has 0 saturated carbocycles. The molecular formula is C15H17N3OS. The third-order valence-electron chi connectivity index (χ3n) is 3.54. The van der Waals surface area contributed by atoms with Crippen molar-refractivity contribution in [2.24, 2.45) is 0 Å². The van der Waals surface area contributed by atoms with Gasteiger partial charge in [-0.2, -0.15) is 5.10 Å². The van der Waals surface area contributed by atoms with Crippen LogP contribution in [0.1, 0.15) is 23.9 Å². The molecule has 1 amide bonds. The second-order valence-electron chi connectivity index (χ2n) is 4.83. The van der Waals surface area contributed by atoms with E-state index >= 15 is 0 Å². The summed E-state index contributed by atoms with van der Waals surface area (Å²) in [6, 6.07) is 11.8. The highest BCUT2D eigenvalue weighted by atomic mass is 32.2. The van der Waals surface area contributed by atoms with E-state index in [1.54, 1.807) is 10.9 Å². The topological polar surface area (TPSA) is 38.1 Å². The Morgan fingerprint density at radius 2 is 2.15 bits per heavy atom. The number of benzene rings is 1. The van der Waals surface area contributed by atoms with Crippen molar-refractivity contribution in [1.82, 2.24) is 14.7 Å². The molecule has 1 aliphatic heterocycles. The van der Waals surface area contributed by atoms with Gasteiger partial charge in [-0.05, 0) is 18.6 Å². The number of carbonyl (C=O) groups is 1. The van der Waals surface area contributed by atoms with Crippen LogP contribution in [0.5, 0.6) is 0 Å². The van der Waals surface area contributed by atoms with Gasteiger partial charge in [0.1, 0.15) is 11.4 Å². The van der Waals surface area contributed by atoms with Crippen LogP contribution in [0, 0.1) is 0 Å². The van der Waals surface area contributed by atoms with Crippen molar-refractivity contribution in [1.29, 1.82) is 0 Å². The number of carbonyl (C=O) groups excluding carboxylic acids is 1. The fourth-order valence-corrected chi connectivity index (χ4v) is 3.72. The maximum Gasteiger partial charge on any atom is 0.248 e. The molecule has 1 aliphatic rings. The molecule has 5 heteroatoms. The van der Waals surface area contributed by atoms with E-state index in [1.165, 1.54) is 5.56 Å². The largest absolute Gasteiger partial charge is 0.324 e. The lowest BCUT2D eigenvalue weighted by molar-refractivity contribution is -0.134. The van der Waals surface area contributed by atoms with Crippen LogP contribution in [0.4, 0.5) is 0 Å². The SMILES string of the molecule is CC(C(=O)N1CCSC1c1ccccc1)n1cccn1. The molecule has 2 aromatic rings. The quantitative estimate of drug-likeness (QED) is 0.871. The highest BCUT2D eigenvalue weighted by Crippen LogP contribution is 2.38. The summed E-state index contributed by atoms with van der Waals surface area (Å²) in [7, 11) is 0. The number of rotatable bonds is 3. The summed E-state index contributed by atoms with van der Waals surface area (Å²) in [6.07, 6.45) is 3.54. The predicted molar refractivity (Wildman–Crippen MR) is 80.3 cm³/mol. The molecule has 0 N–H and O–H groups in total. The van der Waals surface area contributed by atoms with Gasteiger partial charge in [0.25, 0.3) is 0 Å². The molecule has 1 aromatic heterocycles. The van der Waals surface area contributed by atoms with E-state index in [-0.39, 0.29) is 17.3 Å². The molecular weight excluding hydrogens is 270 g/mol. The number of hydrogen-bond acceptors (Lipinski definition) is 3. The number of hydrogen-bond donors (Lipinski definition) is 0. The molecule has 2 heterocycles. The third kappa shape index (κ3) is 2.45. The fourth-order valence-electron chi connectivity index (χ4n) is 2.45. The zero-order chi connectivity index (χ0) is 13.9. The van der Waals surface area contributed by atoms with Crippen molar-refractivity contribution in [2.45, 2.75) is 18.3 Å². The summed E-state index contributed by atoms with van der Waals surface area (Å²) in [5.41, 5.74) is 1.19. The average molecular weight is 287 g/mol. The molecule has 0 bridgehead atoms. The Morgan fingerprint density at radius 3 is 2.85 bits per heavy atom. The number of nitrogens with zero attached hydrogens (tertiary/aromatic N) is 3. The third-order valence-corrected chi connectivity index (χ3v) is 4.80. The smallest absolute Gasteiger partial charge is 0.248 e. The second kappa shape index (κ2) is 5.71. The van der Waals surface area contributed by atoms with E-state index in [2.05, 4.69) is 17.2 Å². The van der Waals surface area contributed by atoms with Gasteiger partial charge in [0.2, 0.25) is 5.91 Å². The van der Waals surface area contributed by atoms with Crippen LogP contribution in [0.2, 0.25) is 0 Å². The summed E-state index contributed by atoms with van der Waals surface area (Å²) in [5.74, 6) is 1.12. The van der Waals surface area contributed by atoms with Crippen LogP contribution in [0.15, 0.2) is 48.8 Å². The first-order valence-corrected chi connectivity index (χ1v) is 7.78. The van der Waals surface area contributed by atoms with Crippen LogP contribution >= 0.6 is 11.8 Å². The molecule has 2 unspecified atom stereocenters. The van der Waals surface area contributed by atoms with E-state index in [4.69, 9.17) is 0 Å². The van der Waals surface area contributed by atoms with Crippen molar-refractivity contribution in [2.75, 3.05) is 12.3 Å². The van der Waals surface area contributed by atoms with Crippen molar-refractivity contribution in [3.63, 3.8) is 0 Å². The highest BCUT2D eigenvalue weighted by molar-refractivity contribution is 7.99. The maximum absolute atomic E-state index is 12.7. The lowest BCUT2D eigenvalue weighted by Crippen LogP contribution is -2.35. The van der Waals surface area contributed by atoms with Gasteiger partial charge in [-0.15, -0.1) is 11.8 Å². The van der Waals surface area contributed by atoms with Crippen molar-refractivity contribution >= 4 is 17.7 Å². The lowest BCUT2D eigenvalue weighted by Gasteiger charge is -2.27. The van der Waals surface area contributed by atoms with Gasteiger partial charge in [0, 0.05) is 24.7 Å². The Balaban J connectivity index is 1.80. The lowest BCUT2D eigenvalue weighted by atomic mass is 10.2. The van der Waals surface area contributed by atoms with Gasteiger partial charge in [0.15, 0.2) is 0 Å². The molecule has 1 aromatic carbocycles. The van der Waals surface area contributed by atoms with Crippen LogP contribution < -0.4 is 0 Å². The van der Waals surface area contributed by atoms with Crippen LogP contribution in [-0.2, 0) is 4.79 Å². The molecule has 1 fully saturated rings. The normalized spacial score (nSPS) is 20.1. The van der Waals surface area contributed by atoms with Crippen LogP contribution in [0.25, 0.3) is 0 Å². The van der Waals surface area contributed by atoms with E-state index in [0.29, 0.717) is 0 Å². The minimum absolute atomic E-state index is 0.127. The minimum Gasteiger partial charge on any atom is -0.324 e. The Bertz CT molecular complexity index is 570. The molecule has 20 heavy (non-hydrogen) atoms. The van der Waals surface area contributed by atoms with Crippen molar-refractivity contribution < 1.29 is 4.79 Å². The molecule has 2 atom stereocenters. The molecule has 0 aliphatic carbocycles. The summed E-state index contributed by atoms with van der Waals surface area (Å²) < 4.78 is 1.72. The van der Waals surface area contributed by atoms with Crippen LogP contribution in [0.3, 0.4) is 0 Å². The standard InChI is InChI=1S/C15H17N3OS/c1-12(18-9-5-8-16-18)14(19)17-10-11-20-15(17)13-6-3-2-4-7-13/h2-9,12,15H,10-11H2,1H3. The molecule has 0 radical (unpaired) electrons. The Hall–Kier alpha value is -1.75.